The van der Waals surface area contributed by atoms with Crippen molar-refractivity contribution < 1.29 is 14.3 Å². The number of carbonyl (C=O) groups excluding carboxylic acids is 1. The summed E-state index contributed by atoms with van der Waals surface area (Å²) < 4.78 is 10.6. The minimum atomic E-state index is -0.266. The molecule has 3 heteroatoms. The normalized spacial score (nSPS) is 26.9. The summed E-state index contributed by atoms with van der Waals surface area (Å²) >= 11 is 0. The Morgan fingerprint density at radius 1 is 1.43 bits per heavy atom. The van der Waals surface area contributed by atoms with Gasteiger partial charge in [0.15, 0.2) is 0 Å². The van der Waals surface area contributed by atoms with Crippen LogP contribution in [0.4, 0.5) is 0 Å². The molecule has 1 heterocycles. The standard InChI is InChI=1S/C18H30O3/c1-6-18(5)16(21-18)12-11-14(3)9-8-10-15(4)13-17(19)20-7-2/h8,10,13-14,16H,6-7,9,11-12H2,1-5H3/b10-8+,15-13+. The number of carbonyl (C=O) groups is 1. The fourth-order valence-corrected chi connectivity index (χ4v) is 2.42. The smallest absolute Gasteiger partial charge is 0.330 e. The molecular formula is C18H30O3. The van der Waals surface area contributed by atoms with E-state index in [1.807, 2.05) is 19.9 Å². The lowest BCUT2D eigenvalue weighted by molar-refractivity contribution is -0.137. The molecule has 0 aromatic carbocycles. The second-order valence-electron chi connectivity index (χ2n) is 6.23. The number of epoxide rings is 1. The van der Waals surface area contributed by atoms with Gasteiger partial charge in [0.05, 0.1) is 18.3 Å². The summed E-state index contributed by atoms with van der Waals surface area (Å²) in [5, 5.41) is 0. The van der Waals surface area contributed by atoms with Gasteiger partial charge in [-0.15, -0.1) is 0 Å². The molecule has 1 saturated heterocycles. The van der Waals surface area contributed by atoms with Crippen LogP contribution in [0.2, 0.25) is 0 Å². The molecule has 3 atom stereocenters. The largest absolute Gasteiger partial charge is 0.463 e. The van der Waals surface area contributed by atoms with Crippen molar-refractivity contribution in [1.29, 1.82) is 0 Å². The van der Waals surface area contributed by atoms with Crippen molar-refractivity contribution >= 4 is 5.97 Å². The second kappa shape index (κ2) is 8.38. The van der Waals surface area contributed by atoms with Gasteiger partial charge in [-0.3, -0.25) is 0 Å². The molecule has 21 heavy (non-hydrogen) atoms. The molecule has 0 bridgehead atoms. The number of hydrogen-bond acceptors (Lipinski definition) is 3. The maximum absolute atomic E-state index is 11.3. The fraction of sp³-hybridized carbons (Fsp3) is 0.722. The highest BCUT2D eigenvalue weighted by Crippen LogP contribution is 2.42. The quantitative estimate of drug-likeness (QED) is 0.273. The van der Waals surface area contributed by atoms with Crippen molar-refractivity contribution in [1.82, 2.24) is 0 Å². The minimum absolute atomic E-state index is 0.147. The average Bonchev–Trinajstić information content (AvgIpc) is 3.08. The first-order chi connectivity index (χ1) is 9.91. The first-order valence-electron chi connectivity index (χ1n) is 8.10. The van der Waals surface area contributed by atoms with Gasteiger partial charge < -0.3 is 9.47 Å². The molecule has 1 aliphatic heterocycles. The van der Waals surface area contributed by atoms with Gasteiger partial charge >= 0.3 is 5.97 Å². The van der Waals surface area contributed by atoms with Crippen molar-refractivity contribution in [3.8, 4) is 0 Å². The monoisotopic (exact) mass is 294 g/mol. The Hall–Kier alpha value is -1.09. The molecule has 0 N–H and O–H groups in total. The van der Waals surface area contributed by atoms with Gasteiger partial charge in [-0.25, -0.2) is 4.79 Å². The van der Waals surface area contributed by atoms with E-state index in [1.54, 1.807) is 0 Å². The molecule has 3 nitrogen and oxygen atoms in total. The van der Waals surface area contributed by atoms with Crippen LogP contribution < -0.4 is 0 Å². The maximum atomic E-state index is 11.3. The van der Waals surface area contributed by atoms with Crippen LogP contribution in [0.15, 0.2) is 23.8 Å². The molecule has 0 spiro atoms. The molecule has 1 rings (SSSR count). The summed E-state index contributed by atoms with van der Waals surface area (Å²) in [6.45, 7) is 10.8. The first kappa shape index (κ1) is 18.0. The van der Waals surface area contributed by atoms with Crippen molar-refractivity contribution in [3.63, 3.8) is 0 Å². The molecule has 3 unspecified atom stereocenters. The highest BCUT2D eigenvalue weighted by Gasteiger charge is 2.49. The van der Waals surface area contributed by atoms with E-state index in [9.17, 15) is 4.79 Å². The lowest BCUT2D eigenvalue weighted by atomic mass is 9.95. The zero-order valence-corrected chi connectivity index (χ0v) is 14.1. The molecule has 0 aromatic rings. The first-order valence-corrected chi connectivity index (χ1v) is 8.10. The molecule has 1 fully saturated rings. The third kappa shape index (κ3) is 6.47. The molecule has 0 aliphatic carbocycles. The third-order valence-corrected chi connectivity index (χ3v) is 4.21. The molecular weight excluding hydrogens is 264 g/mol. The Kier molecular flexibility index (Phi) is 7.16. The van der Waals surface area contributed by atoms with Crippen LogP contribution in [0.1, 0.15) is 60.3 Å². The predicted molar refractivity (Wildman–Crippen MR) is 86.1 cm³/mol. The lowest BCUT2D eigenvalue weighted by Gasteiger charge is -2.08. The van der Waals surface area contributed by atoms with E-state index in [-0.39, 0.29) is 11.6 Å². The molecule has 0 amide bonds. The Bertz CT molecular complexity index is 397. The van der Waals surface area contributed by atoms with Crippen LogP contribution in [0.3, 0.4) is 0 Å². The van der Waals surface area contributed by atoms with E-state index in [0.717, 1.165) is 24.8 Å². The van der Waals surface area contributed by atoms with Crippen LogP contribution in [0, 0.1) is 5.92 Å². The number of esters is 1. The zero-order chi connectivity index (χ0) is 15.9. The van der Waals surface area contributed by atoms with Crippen LogP contribution in [0.5, 0.6) is 0 Å². The van der Waals surface area contributed by atoms with Crippen molar-refractivity contribution in [2.45, 2.75) is 72.0 Å². The fourth-order valence-electron chi connectivity index (χ4n) is 2.42. The summed E-state index contributed by atoms with van der Waals surface area (Å²) in [5.74, 6) is 0.374. The van der Waals surface area contributed by atoms with Gasteiger partial charge in [0.25, 0.3) is 0 Å². The Morgan fingerprint density at radius 3 is 2.71 bits per heavy atom. The molecule has 0 radical (unpaired) electrons. The van der Waals surface area contributed by atoms with Gasteiger partial charge in [0.2, 0.25) is 0 Å². The lowest BCUT2D eigenvalue weighted by Crippen LogP contribution is -2.08. The molecule has 1 aliphatic rings. The van der Waals surface area contributed by atoms with Gasteiger partial charge in [0.1, 0.15) is 0 Å². The Balaban J connectivity index is 2.22. The average molecular weight is 294 g/mol. The molecule has 0 saturated carbocycles. The van der Waals surface area contributed by atoms with E-state index in [4.69, 9.17) is 9.47 Å². The van der Waals surface area contributed by atoms with Crippen LogP contribution in [-0.2, 0) is 14.3 Å². The third-order valence-electron chi connectivity index (χ3n) is 4.21. The van der Waals surface area contributed by atoms with Crippen molar-refractivity contribution in [2.75, 3.05) is 6.61 Å². The maximum Gasteiger partial charge on any atom is 0.330 e. The SMILES string of the molecule is CCOC(=O)/C=C(C)/C=C/CC(C)CCC1OC1(C)CC. The topological polar surface area (TPSA) is 38.8 Å². The minimum Gasteiger partial charge on any atom is -0.463 e. The summed E-state index contributed by atoms with van der Waals surface area (Å²) in [6, 6.07) is 0. The van der Waals surface area contributed by atoms with Crippen LogP contribution in [0.25, 0.3) is 0 Å². The van der Waals surface area contributed by atoms with E-state index >= 15 is 0 Å². The zero-order valence-electron chi connectivity index (χ0n) is 14.1. The number of ether oxygens (including phenoxy) is 2. The summed E-state index contributed by atoms with van der Waals surface area (Å²) in [5.41, 5.74) is 1.08. The van der Waals surface area contributed by atoms with E-state index in [1.165, 1.54) is 12.5 Å². The van der Waals surface area contributed by atoms with E-state index in [0.29, 0.717) is 18.6 Å². The van der Waals surface area contributed by atoms with Crippen molar-refractivity contribution in [2.24, 2.45) is 5.92 Å². The highest BCUT2D eigenvalue weighted by molar-refractivity contribution is 5.83. The van der Waals surface area contributed by atoms with Gasteiger partial charge in [0, 0.05) is 6.08 Å². The van der Waals surface area contributed by atoms with E-state index in [2.05, 4.69) is 26.8 Å². The number of hydrogen-bond donors (Lipinski definition) is 0. The van der Waals surface area contributed by atoms with Gasteiger partial charge in [-0.05, 0) is 57.9 Å². The van der Waals surface area contributed by atoms with Crippen molar-refractivity contribution in [3.05, 3.63) is 23.8 Å². The van der Waals surface area contributed by atoms with Crippen LogP contribution >= 0.6 is 0 Å². The Morgan fingerprint density at radius 2 is 2.14 bits per heavy atom. The van der Waals surface area contributed by atoms with Crippen LogP contribution in [-0.4, -0.2) is 24.3 Å². The molecule has 120 valence electrons. The number of rotatable bonds is 9. The number of allylic oxidation sites excluding steroid dienone is 3. The summed E-state index contributed by atoms with van der Waals surface area (Å²) in [6.07, 6.45) is 10.6. The highest BCUT2D eigenvalue weighted by atomic mass is 16.6. The van der Waals surface area contributed by atoms with Gasteiger partial charge in [-0.2, -0.15) is 0 Å². The Labute approximate surface area is 129 Å². The summed E-state index contributed by atoms with van der Waals surface area (Å²) in [7, 11) is 0. The summed E-state index contributed by atoms with van der Waals surface area (Å²) in [4.78, 5) is 11.3. The van der Waals surface area contributed by atoms with E-state index < -0.39 is 0 Å². The van der Waals surface area contributed by atoms with Gasteiger partial charge in [-0.1, -0.05) is 26.0 Å². The second-order valence-corrected chi connectivity index (χ2v) is 6.23. The predicted octanol–water partition coefficient (Wildman–Crippen LogP) is 4.43. The molecule has 0 aromatic heterocycles.